The van der Waals surface area contributed by atoms with Crippen LogP contribution >= 0.6 is 0 Å². The molecule has 1 aliphatic heterocycles. The highest BCUT2D eigenvalue weighted by Crippen LogP contribution is 2.28. The molecular weight excluding hydrogens is 324 g/mol. The smallest absolute Gasteiger partial charge is 0.222 e. The number of carbonyl (C=O) groups is 2. The summed E-state index contributed by atoms with van der Waals surface area (Å²) in [6.45, 7) is 2.29. The monoisotopic (exact) mass is 350 g/mol. The number of nitrogens with zero attached hydrogens (tertiary/aromatic N) is 1. The number of likely N-dealkylation sites (tertiary alicyclic amines) is 1. The Hall–Kier alpha value is -2.28. The lowest BCUT2D eigenvalue weighted by Gasteiger charge is -2.17. The van der Waals surface area contributed by atoms with E-state index in [9.17, 15) is 14.7 Å². The van der Waals surface area contributed by atoms with Gasteiger partial charge in [0.2, 0.25) is 11.8 Å². The van der Waals surface area contributed by atoms with E-state index < -0.39 is 0 Å². The van der Waals surface area contributed by atoms with Crippen molar-refractivity contribution in [2.45, 2.75) is 25.8 Å². The van der Waals surface area contributed by atoms with Gasteiger partial charge in [0.15, 0.2) is 11.5 Å². The van der Waals surface area contributed by atoms with Gasteiger partial charge in [-0.05, 0) is 24.1 Å². The molecule has 1 aromatic carbocycles. The number of methoxy groups -OCH3 is 2. The van der Waals surface area contributed by atoms with Crippen molar-refractivity contribution in [2.24, 2.45) is 5.92 Å². The molecule has 2 rings (SSSR count). The molecule has 25 heavy (non-hydrogen) atoms. The first-order valence-electron chi connectivity index (χ1n) is 8.35. The Bertz CT molecular complexity index is 619. The number of aliphatic hydroxyl groups excluding tert-OH is 1. The Morgan fingerprint density at radius 3 is 2.56 bits per heavy atom. The molecule has 0 aromatic heterocycles. The van der Waals surface area contributed by atoms with Crippen molar-refractivity contribution in [3.8, 4) is 11.5 Å². The van der Waals surface area contributed by atoms with Crippen molar-refractivity contribution in [1.29, 1.82) is 0 Å². The van der Waals surface area contributed by atoms with E-state index in [0.717, 1.165) is 5.56 Å². The number of aliphatic hydroxyl groups is 1. The fraction of sp³-hybridized carbons (Fsp3) is 0.556. The minimum absolute atomic E-state index is 0.0149. The Labute approximate surface area is 147 Å². The molecule has 1 fully saturated rings. The molecule has 1 saturated heterocycles. The van der Waals surface area contributed by atoms with Gasteiger partial charge in [0, 0.05) is 39.0 Å². The predicted molar refractivity (Wildman–Crippen MR) is 92.6 cm³/mol. The van der Waals surface area contributed by atoms with Gasteiger partial charge in [-0.1, -0.05) is 6.07 Å². The van der Waals surface area contributed by atoms with Crippen molar-refractivity contribution >= 4 is 11.8 Å². The van der Waals surface area contributed by atoms with E-state index in [2.05, 4.69) is 5.32 Å². The Balaban J connectivity index is 1.93. The second-order valence-electron chi connectivity index (χ2n) is 6.24. The van der Waals surface area contributed by atoms with Gasteiger partial charge < -0.3 is 24.8 Å². The van der Waals surface area contributed by atoms with E-state index in [-0.39, 0.29) is 30.4 Å². The van der Waals surface area contributed by atoms with E-state index in [1.165, 1.54) is 6.92 Å². The molecule has 0 spiro atoms. The van der Waals surface area contributed by atoms with Gasteiger partial charge >= 0.3 is 0 Å². The van der Waals surface area contributed by atoms with E-state index in [1.54, 1.807) is 19.1 Å². The highest BCUT2D eigenvalue weighted by Gasteiger charge is 2.34. The highest BCUT2D eigenvalue weighted by atomic mass is 16.5. The van der Waals surface area contributed by atoms with Crippen LogP contribution in [0.25, 0.3) is 0 Å². The lowest BCUT2D eigenvalue weighted by Crippen LogP contribution is -2.40. The Kier molecular flexibility index (Phi) is 6.64. The summed E-state index contributed by atoms with van der Waals surface area (Å²) >= 11 is 0. The number of benzene rings is 1. The van der Waals surface area contributed by atoms with E-state index in [1.807, 2.05) is 18.2 Å². The molecule has 7 nitrogen and oxygen atoms in total. The van der Waals surface area contributed by atoms with E-state index >= 15 is 0 Å². The molecule has 0 radical (unpaired) electrons. The van der Waals surface area contributed by atoms with Crippen LogP contribution in [0.2, 0.25) is 0 Å². The molecule has 7 heteroatoms. The van der Waals surface area contributed by atoms with E-state index in [4.69, 9.17) is 9.47 Å². The maximum atomic E-state index is 12.5. The van der Waals surface area contributed by atoms with Crippen LogP contribution in [-0.2, 0) is 16.0 Å². The summed E-state index contributed by atoms with van der Waals surface area (Å²) in [5, 5.41) is 12.3. The zero-order chi connectivity index (χ0) is 18.4. The zero-order valence-corrected chi connectivity index (χ0v) is 14.9. The number of ether oxygens (including phenoxy) is 2. The highest BCUT2D eigenvalue weighted by molar-refractivity contribution is 5.77. The maximum absolute atomic E-state index is 12.5. The molecule has 1 aliphatic rings. The maximum Gasteiger partial charge on any atom is 0.222 e. The summed E-state index contributed by atoms with van der Waals surface area (Å²) in [7, 11) is 3.16. The lowest BCUT2D eigenvalue weighted by molar-refractivity contribution is -0.130. The average molecular weight is 350 g/mol. The average Bonchev–Trinajstić information content (AvgIpc) is 3.01. The molecule has 2 N–H and O–H groups in total. The number of hydrogen-bond acceptors (Lipinski definition) is 5. The number of carbonyl (C=O) groups excluding carboxylic acids is 2. The first-order valence-corrected chi connectivity index (χ1v) is 8.35. The van der Waals surface area contributed by atoms with Gasteiger partial charge in [0.1, 0.15) is 0 Å². The first kappa shape index (κ1) is 19.1. The molecule has 138 valence electrons. The van der Waals surface area contributed by atoms with Crippen molar-refractivity contribution in [2.75, 3.05) is 33.9 Å². The summed E-state index contributed by atoms with van der Waals surface area (Å²) in [5.41, 5.74) is 0.988. The van der Waals surface area contributed by atoms with Crippen LogP contribution < -0.4 is 14.8 Å². The standard InChI is InChI=1S/C18H26N2O5/c1-12(22)19-15-10-20(9-14(15)11-21)18(23)7-5-13-4-6-16(24-2)17(8-13)25-3/h4,6,8,14-15,21H,5,7,9-11H2,1-3H3,(H,19,22)/t14-,15+/m0/s1. The normalized spacial score (nSPS) is 19.6. The first-order chi connectivity index (χ1) is 12.0. The minimum atomic E-state index is -0.187. The molecule has 0 unspecified atom stereocenters. The van der Waals surface area contributed by atoms with Crippen LogP contribution in [-0.4, -0.2) is 61.8 Å². The molecule has 0 bridgehead atoms. The summed E-state index contributed by atoms with van der Waals surface area (Å²) < 4.78 is 10.5. The zero-order valence-electron chi connectivity index (χ0n) is 14.9. The third-order valence-corrected chi connectivity index (χ3v) is 4.49. The fourth-order valence-electron chi connectivity index (χ4n) is 3.13. The molecule has 1 aromatic rings. The SMILES string of the molecule is COc1ccc(CCC(=O)N2C[C@@H](CO)[C@H](NC(C)=O)C2)cc1OC. The molecule has 2 atom stereocenters. The van der Waals surface area contributed by atoms with Gasteiger partial charge in [-0.25, -0.2) is 0 Å². The quantitative estimate of drug-likeness (QED) is 0.752. The third kappa shape index (κ3) is 4.85. The molecule has 0 saturated carbocycles. The topological polar surface area (TPSA) is 88.1 Å². The van der Waals surface area contributed by atoms with Gasteiger partial charge in [-0.2, -0.15) is 0 Å². The van der Waals surface area contributed by atoms with Crippen molar-refractivity contribution in [1.82, 2.24) is 10.2 Å². The van der Waals surface area contributed by atoms with Crippen LogP contribution in [0.4, 0.5) is 0 Å². The van der Waals surface area contributed by atoms with Gasteiger partial charge in [0.05, 0.1) is 20.3 Å². The van der Waals surface area contributed by atoms with Crippen LogP contribution in [0.15, 0.2) is 18.2 Å². The van der Waals surface area contributed by atoms with E-state index in [0.29, 0.717) is 37.4 Å². The minimum Gasteiger partial charge on any atom is -0.493 e. The fourth-order valence-corrected chi connectivity index (χ4v) is 3.13. The van der Waals surface area contributed by atoms with Crippen LogP contribution in [0.5, 0.6) is 11.5 Å². The summed E-state index contributed by atoms with van der Waals surface area (Å²) in [6, 6.07) is 5.41. The second-order valence-corrected chi connectivity index (χ2v) is 6.24. The van der Waals surface area contributed by atoms with Crippen LogP contribution in [0, 0.1) is 5.92 Å². The van der Waals surface area contributed by atoms with Gasteiger partial charge in [-0.3, -0.25) is 9.59 Å². The van der Waals surface area contributed by atoms with Crippen molar-refractivity contribution in [3.05, 3.63) is 23.8 Å². The Morgan fingerprint density at radius 2 is 1.96 bits per heavy atom. The van der Waals surface area contributed by atoms with Gasteiger partial charge in [-0.15, -0.1) is 0 Å². The number of aryl methyl sites for hydroxylation is 1. The number of nitrogens with one attached hydrogen (secondary N) is 1. The molecule has 0 aliphatic carbocycles. The summed E-state index contributed by atoms with van der Waals surface area (Å²) in [6.07, 6.45) is 0.949. The summed E-state index contributed by atoms with van der Waals surface area (Å²) in [4.78, 5) is 25.4. The van der Waals surface area contributed by atoms with Crippen molar-refractivity contribution < 1.29 is 24.2 Å². The molecule has 2 amide bonds. The summed E-state index contributed by atoms with van der Waals surface area (Å²) in [5.74, 6) is 1.04. The predicted octanol–water partition coefficient (Wildman–Crippen LogP) is 0.592. The second kappa shape index (κ2) is 8.71. The number of amides is 2. The molecular formula is C18H26N2O5. The lowest BCUT2D eigenvalue weighted by atomic mass is 10.1. The third-order valence-electron chi connectivity index (χ3n) is 4.49. The number of rotatable bonds is 7. The van der Waals surface area contributed by atoms with Gasteiger partial charge in [0.25, 0.3) is 0 Å². The number of hydrogen-bond donors (Lipinski definition) is 2. The van der Waals surface area contributed by atoms with Crippen LogP contribution in [0.3, 0.4) is 0 Å². The van der Waals surface area contributed by atoms with Crippen LogP contribution in [0.1, 0.15) is 18.9 Å². The van der Waals surface area contributed by atoms with Crippen molar-refractivity contribution in [3.63, 3.8) is 0 Å². The largest absolute Gasteiger partial charge is 0.493 e. The molecule has 1 heterocycles. The Morgan fingerprint density at radius 1 is 1.24 bits per heavy atom.